The molecule has 3 N–H and O–H groups in total. The summed E-state index contributed by atoms with van der Waals surface area (Å²) in [5, 5.41) is 8.54. The zero-order valence-electron chi connectivity index (χ0n) is 14.3. The SMILES string of the molecule is CNCC1CCCN(C(=O)CNC(=O)Nc2cccc(C)c2)C1.Cl. The maximum atomic E-state index is 12.2. The molecule has 6 nitrogen and oxygen atoms in total. The molecule has 0 aliphatic carbocycles. The second-order valence-electron chi connectivity index (χ2n) is 6.08. The molecule has 1 aliphatic rings. The highest BCUT2D eigenvalue weighted by Crippen LogP contribution is 2.15. The summed E-state index contributed by atoms with van der Waals surface area (Å²) in [4.78, 5) is 25.9. The summed E-state index contributed by atoms with van der Waals surface area (Å²) >= 11 is 0. The number of benzene rings is 1. The first-order chi connectivity index (χ1) is 11.1. The topological polar surface area (TPSA) is 73.5 Å². The number of aryl methyl sites for hydroxylation is 1. The first-order valence-electron chi connectivity index (χ1n) is 8.12. The molecule has 0 radical (unpaired) electrons. The molecule has 1 unspecified atom stereocenters. The van der Waals surface area contributed by atoms with E-state index in [1.807, 2.05) is 43.1 Å². The summed E-state index contributed by atoms with van der Waals surface area (Å²) in [5.41, 5.74) is 1.80. The Hall–Kier alpha value is -1.79. The minimum absolute atomic E-state index is 0. The molecule has 2 rings (SSSR count). The number of likely N-dealkylation sites (tertiary alicyclic amines) is 1. The van der Waals surface area contributed by atoms with Gasteiger partial charge in [-0.1, -0.05) is 12.1 Å². The largest absolute Gasteiger partial charge is 0.341 e. The van der Waals surface area contributed by atoms with Crippen LogP contribution < -0.4 is 16.0 Å². The number of halogens is 1. The number of hydrogen-bond acceptors (Lipinski definition) is 3. The van der Waals surface area contributed by atoms with Gasteiger partial charge in [0.05, 0.1) is 6.54 Å². The number of carbonyl (C=O) groups excluding carboxylic acids is 2. The van der Waals surface area contributed by atoms with Gasteiger partial charge in [0.25, 0.3) is 0 Å². The number of carbonyl (C=O) groups is 2. The lowest BCUT2D eigenvalue weighted by Crippen LogP contribution is -2.47. The molecular weight excluding hydrogens is 328 g/mol. The molecular formula is C17H27ClN4O2. The van der Waals surface area contributed by atoms with Gasteiger partial charge in [0, 0.05) is 18.8 Å². The van der Waals surface area contributed by atoms with E-state index >= 15 is 0 Å². The molecule has 134 valence electrons. The van der Waals surface area contributed by atoms with Crippen LogP contribution in [0.3, 0.4) is 0 Å². The van der Waals surface area contributed by atoms with Crippen LogP contribution in [0.25, 0.3) is 0 Å². The second kappa shape index (κ2) is 10.2. The summed E-state index contributed by atoms with van der Waals surface area (Å²) in [6, 6.07) is 7.19. The van der Waals surface area contributed by atoms with Crippen molar-refractivity contribution in [2.45, 2.75) is 19.8 Å². The van der Waals surface area contributed by atoms with Crippen molar-refractivity contribution in [3.05, 3.63) is 29.8 Å². The van der Waals surface area contributed by atoms with E-state index in [2.05, 4.69) is 16.0 Å². The first-order valence-corrected chi connectivity index (χ1v) is 8.12. The van der Waals surface area contributed by atoms with Gasteiger partial charge in [-0.05, 0) is 57.0 Å². The Labute approximate surface area is 149 Å². The van der Waals surface area contributed by atoms with Crippen LogP contribution in [-0.4, -0.2) is 50.1 Å². The van der Waals surface area contributed by atoms with E-state index < -0.39 is 0 Å². The fraction of sp³-hybridized carbons (Fsp3) is 0.529. The number of nitrogens with one attached hydrogen (secondary N) is 3. The summed E-state index contributed by atoms with van der Waals surface area (Å²) in [7, 11) is 1.93. The third-order valence-electron chi connectivity index (χ3n) is 4.04. The Bertz CT molecular complexity index is 551. The number of rotatable bonds is 5. The quantitative estimate of drug-likeness (QED) is 0.757. The molecule has 0 aromatic heterocycles. The maximum Gasteiger partial charge on any atom is 0.319 e. The molecule has 24 heavy (non-hydrogen) atoms. The predicted octanol–water partition coefficient (Wildman–Crippen LogP) is 2.00. The summed E-state index contributed by atoms with van der Waals surface area (Å²) in [6.07, 6.45) is 2.17. The van der Waals surface area contributed by atoms with Crippen LogP contribution in [0.4, 0.5) is 10.5 Å². The van der Waals surface area contributed by atoms with Crippen molar-refractivity contribution in [1.82, 2.24) is 15.5 Å². The average Bonchev–Trinajstić information content (AvgIpc) is 2.53. The van der Waals surface area contributed by atoms with E-state index in [4.69, 9.17) is 0 Å². The van der Waals surface area contributed by atoms with Crippen LogP contribution in [0.5, 0.6) is 0 Å². The normalized spacial score (nSPS) is 16.9. The van der Waals surface area contributed by atoms with Crippen molar-refractivity contribution < 1.29 is 9.59 Å². The number of amides is 3. The van der Waals surface area contributed by atoms with Crippen molar-refractivity contribution in [2.24, 2.45) is 5.92 Å². The van der Waals surface area contributed by atoms with Crippen LogP contribution in [-0.2, 0) is 4.79 Å². The Morgan fingerprint density at radius 3 is 2.83 bits per heavy atom. The highest BCUT2D eigenvalue weighted by molar-refractivity contribution is 5.92. The molecule has 1 aromatic carbocycles. The lowest BCUT2D eigenvalue weighted by atomic mass is 9.98. The molecule has 1 saturated heterocycles. The van der Waals surface area contributed by atoms with Gasteiger partial charge in [-0.3, -0.25) is 4.79 Å². The van der Waals surface area contributed by atoms with E-state index in [1.54, 1.807) is 0 Å². The second-order valence-corrected chi connectivity index (χ2v) is 6.08. The van der Waals surface area contributed by atoms with E-state index in [-0.39, 0.29) is 30.9 Å². The number of piperidine rings is 1. The number of hydrogen-bond donors (Lipinski definition) is 3. The molecule has 1 fully saturated rings. The van der Waals surface area contributed by atoms with Gasteiger partial charge in [-0.15, -0.1) is 12.4 Å². The Morgan fingerprint density at radius 2 is 2.12 bits per heavy atom. The van der Waals surface area contributed by atoms with Crippen LogP contribution in [0, 0.1) is 12.8 Å². The molecule has 0 bridgehead atoms. The van der Waals surface area contributed by atoms with Gasteiger partial charge < -0.3 is 20.9 Å². The van der Waals surface area contributed by atoms with Gasteiger partial charge in [-0.25, -0.2) is 4.79 Å². The minimum atomic E-state index is -0.354. The molecule has 3 amide bonds. The van der Waals surface area contributed by atoms with Crippen LogP contribution in [0.15, 0.2) is 24.3 Å². The number of nitrogens with zero attached hydrogens (tertiary/aromatic N) is 1. The van der Waals surface area contributed by atoms with Crippen molar-refractivity contribution in [3.63, 3.8) is 0 Å². The lowest BCUT2D eigenvalue weighted by Gasteiger charge is -2.32. The molecule has 0 spiro atoms. The number of anilines is 1. The van der Waals surface area contributed by atoms with Gasteiger partial charge in [0.2, 0.25) is 5.91 Å². The van der Waals surface area contributed by atoms with Gasteiger partial charge in [0.15, 0.2) is 0 Å². The molecule has 1 aromatic rings. The molecule has 1 heterocycles. The summed E-state index contributed by atoms with van der Waals surface area (Å²) in [6.45, 7) is 4.46. The molecule has 0 saturated carbocycles. The van der Waals surface area contributed by atoms with Crippen LogP contribution in [0.1, 0.15) is 18.4 Å². The van der Waals surface area contributed by atoms with Crippen molar-refractivity contribution in [2.75, 3.05) is 38.5 Å². The fourth-order valence-electron chi connectivity index (χ4n) is 2.91. The van der Waals surface area contributed by atoms with Gasteiger partial charge in [-0.2, -0.15) is 0 Å². The third-order valence-corrected chi connectivity index (χ3v) is 4.04. The predicted molar refractivity (Wildman–Crippen MR) is 98.7 cm³/mol. The Morgan fingerprint density at radius 1 is 1.33 bits per heavy atom. The van der Waals surface area contributed by atoms with Gasteiger partial charge >= 0.3 is 6.03 Å². The highest BCUT2D eigenvalue weighted by atomic mass is 35.5. The first kappa shape index (κ1) is 20.3. The van der Waals surface area contributed by atoms with Crippen molar-refractivity contribution in [3.8, 4) is 0 Å². The van der Waals surface area contributed by atoms with Crippen molar-refractivity contribution in [1.29, 1.82) is 0 Å². The van der Waals surface area contributed by atoms with E-state index in [9.17, 15) is 9.59 Å². The van der Waals surface area contributed by atoms with E-state index in [1.165, 1.54) is 0 Å². The zero-order chi connectivity index (χ0) is 16.7. The molecule has 1 atom stereocenters. The zero-order valence-corrected chi connectivity index (χ0v) is 15.1. The standard InChI is InChI=1S/C17H26N4O2.ClH/c1-13-5-3-7-15(9-13)20-17(23)19-11-16(22)21-8-4-6-14(12-21)10-18-2;/h3,5,7,9,14,18H,4,6,8,10-12H2,1-2H3,(H2,19,20,23);1H. The summed E-state index contributed by atoms with van der Waals surface area (Å²) in [5.74, 6) is 0.476. The van der Waals surface area contributed by atoms with Crippen LogP contribution in [0.2, 0.25) is 0 Å². The fourth-order valence-corrected chi connectivity index (χ4v) is 2.91. The summed E-state index contributed by atoms with van der Waals surface area (Å²) < 4.78 is 0. The van der Waals surface area contributed by atoms with E-state index in [0.29, 0.717) is 5.92 Å². The van der Waals surface area contributed by atoms with Gasteiger partial charge in [0.1, 0.15) is 0 Å². The Balaban J connectivity index is 0.00000288. The Kier molecular flexibility index (Phi) is 8.57. The average molecular weight is 355 g/mol. The smallest absolute Gasteiger partial charge is 0.319 e. The molecule has 7 heteroatoms. The lowest BCUT2D eigenvalue weighted by molar-refractivity contribution is -0.131. The number of urea groups is 1. The maximum absolute atomic E-state index is 12.2. The highest BCUT2D eigenvalue weighted by Gasteiger charge is 2.23. The molecule has 1 aliphatic heterocycles. The van der Waals surface area contributed by atoms with E-state index in [0.717, 1.165) is 43.7 Å². The third kappa shape index (κ3) is 6.37. The van der Waals surface area contributed by atoms with Crippen molar-refractivity contribution >= 4 is 30.0 Å². The van der Waals surface area contributed by atoms with Crippen LogP contribution >= 0.6 is 12.4 Å². The monoisotopic (exact) mass is 354 g/mol. The minimum Gasteiger partial charge on any atom is -0.341 e.